The molecule has 6 rings (SSSR count). The van der Waals surface area contributed by atoms with Crippen LogP contribution in [0.5, 0.6) is 0 Å². The number of carbonyl (C=O) groups excluding carboxylic acids is 4. The second-order valence-corrected chi connectivity index (χ2v) is 11.0. The van der Waals surface area contributed by atoms with Gasteiger partial charge in [0.1, 0.15) is 6.04 Å². The first-order chi connectivity index (χ1) is 18.8. The Morgan fingerprint density at radius 1 is 1.05 bits per heavy atom. The number of morpholine rings is 1. The van der Waals surface area contributed by atoms with Crippen molar-refractivity contribution in [2.45, 2.75) is 70.4 Å². The van der Waals surface area contributed by atoms with E-state index in [2.05, 4.69) is 34.4 Å². The molecule has 1 N–H and O–H groups in total. The molecule has 1 aromatic heterocycles. The van der Waals surface area contributed by atoms with Gasteiger partial charge in [0.15, 0.2) is 5.69 Å². The summed E-state index contributed by atoms with van der Waals surface area (Å²) in [5.41, 5.74) is 2.24. The van der Waals surface area contributed by atoms with E-state index in [1.807, 2.05) is 11.0 Å². The fourth-order valence-electron chi connectivity index (χ4n) is 6.30. The molecular formula is C27H33N7O5. The lowest BCUT2D eigenvalue weighted by atomic mass is 10.0. The molecule has 206 valence electrons. The normalized spacial score (nSPS) is 26.6. The highest BCUT2D eigenvalue weighted by molar-refractivity contribution is 6.05. The number of imide groups is 1. The zero-order valence-electron chi connectivity index (χ0n) is 22.2. The van der Waals surface area contributed by atoms with Crippen molar-refractivity contribution in [2.24, 2.45) is 0 Å². The van der Waals surface area contributed by atoms with E-state index in [9.17, 15) is 19.2 Å². The molecular weight excluding hydrogens is 502 g/mol. The van der Waals surface area contributed by atoms with Gasteiger partial charge in [-0.1, -0.05) is 5.21 Å². The number of carbonyl (C=O) groups is 4. The number of ether oxygens (including phenoxy) is 1. The zero-order valence-corrected chi connectivity index (χ0v) is 22.2. The molecule has 5 heterocycles. The summed E-state index contributed by atoms with van der Waals surface area (Å²) < 4.78 is 7.40. The second-order valence-electron chi connectivity index (χ2n) is 11.0. The summed E-state index contributed by atoms with van der Waals surface area (Å²) in [6, 6.07) is 5.08. The fraction of sp³-hybridized carbons (Fsp3) is 0.556. The Kier molecular flexibility index (Phi) is 6.67. The van der Waals surface area contributed by atoms with Gasteiger partial charge in [0.2, 0.25) is 11.8 Å². The van der Waals surface area contributed by atoms with Crippen LogP contribution in [0.25, 0.3) is 5.69 Å². The predicted molar refractivity (Wildman–Crippen MR) is 138 cm³/mol. The van der Waals surface area contributed by atoms with Crippen LogP contribution < -0.4 is 5.32 Å². The highest BCUT2D eigenvalue weighted by Gasteiger charge is 2.39. The van der Waals surface area contributed by atoms with E-state index in [4.69, 9.17) is 4.74 Å². The maximum atomic E-state index is 13.2. The standard InChI is InChI=1S/C27H33N7O5/c1-16-12-32(13-17(2)39-16)19-7-9-31(10-8-19)27(38)22-15-34(30-29-22)20-3-4-21-18(11-20)14-33(26(21)37)23-5-6-24(35)28-25(23)36/h3-4,11,15-17,19,23H,5-10,12-14H2,1-2H3,(H,28,35,36)/t16-,17+,23?. The minimum Gasteiger partial charge on any atom is -0.373 e. The van der Waals surface area contributed by atoms with E-state index in [0.29, 0.717) is 36.8 Å². The van der Waals surface area contributed by atoms with Gasteiger partial charge >= 0.3 is 0 Å². The molecule has 0 bridgehead atoms. The van der Waals surface area contributed by atoms with Gasteiger partial charge < -0.3 is 14.5 Å². The van der Waals surface area contributed by atoms with E-state index in [1.165, 1.54) is 9.58 Å². The van der Waals surface area contributed by atoms with E-state index >= 15 is 0 Å². The average molecular weight is 536 g/mol. The van der Waals surface area contributed by atoms with Crippen molar-refractivity contribution in [2.75, 3.05) is 26.2 Å². The monoisotopic (exact) mass is 535 g/mol. The topological polar surface area (TPSA) is 130 Å². The van der Waals surface area contributed by atoms with Crippen LogP contribution in [-0.4, -0.2) is 104 Å². The molecule has 0 aliphatic carbocycles. The smallest absolute Gasteiger partial charge is 0.276 e. The molecule has 3 atom stereocenters. The quantitative estimate of drug-likeness (QED) is 0.568. The van der Waals surface area contributed by atoms with Crippen LogP contribution in [-0.2, 0) is 20.9 Å². The molecule has 12 nitrogen and oxygen atoms in total. The second kappa shape index (κ2) is 10.2. The summed E-state index contributed by atoms with van der Waals surface area (Å²) in [7, 11) is 0. The van der Waals surface area contributed by atoms with Crippen LogP contribution in [0.3, 0.4) is 0 Å². The van der Waals surface area contributed by atoms with Crippen LogP contribution in [0.4, 0.5) is 0 Å². The number of piperidine rings is 2. The van der Waals surface area contributed by atoms with Crippen molar-refractivity contribution in [1.82, 2.24) is 35.0 Å². The Balaban J connectivity index is 1.10. The maximum absolute atomic E-state index is 13.2. The Bertz CT molecular complexity index is 1310. The lowest BCUT2D eigenvalue weighted by Gasteiger charge is -2.43. The zero-order chi connectivity index (χ0) is 27.3. The van der Waals surface area contributed by atoms with Gasteiger partial charge in [-0.2, -0.15) is 0 Å². The highest BCUT2D eigenvalue weighted by atomic mass is 16.5. The molecule has 1 unspecified atom stereocenters. The molecule has 2 aromatic rings. The molecule has 4 aliphatic heterocycles. The van der Waals surface area contributed by atoms with Gasteiger partial charge in [-0.3, -0.25) is 29.4 Å². The average Bonchev–Trinajstić information content (AvgIpc) is 3.53. The molecule has 0 spiro atoms. The number of likely N-dealkylation sites (tertiary alicyclic amines) is 1. The molecule has 4 amide bonds. The molecule has 1 aromatic carbocycles. The lowest BCUT2D eigenvalue weighted by Crippen LogP contribution is -2.53. The van der Waals surface area contributed by atoms with Crippen LogP contribution in [0.1, 0.15) is 65.9 Å². The molecule has 3 fully saturated rings. The summed E-state index contributed by atoms with van der Waals surface area (Å²) in [5, 5.41) is 10.6. The SMILES string of the molecule is C[C@@H]1CN(C2CCN(C(=O)c3cn(-c4ccc5c(c4)CN(C4CCC(=O)NC4=O)C5=O)nn3)CC2)C[C@H](C)O1. The largest absolute Gasteiger partial charge is 0.373 e. The Labute approximate surface area is 226 Å². The van der Waals surface area contributed by atoms with Crippen molar-refractivity contribution in [3.8, 4) is 5.69 Å². The van der Waals surface area contributed by atoms with Gasteiger partial charge in [-0.15, -0.1) is 5.10 Å². The van der Waals surface area contributed by atoms with Gasteiger partial charge in [0, 0.05) is 50.7 Å². The van der Waals surface area contributed by atoms with Gasteiger partial charge in [0.25, 0.3) is 11.8 Å². The van der Waals surface area contributed by atoms with Crippen molar-refractivity contribution in [1.29, 1.82) is 0 Å². The fourth-order valence-corrected chi connectivity index (χ4v) is 6.30. The molecule has 3 saturated heterocycles. The summed E-state index contributed by atoms with van der Waals surface area (Å²) >= 11 is 0. The van der Waals surface area contributed by atoms with E-state index < -0.39 is 11.9 Å². The van der Waals surface area contributed by atoms with E-state index in [1.54, 1.807) is 18.3 Å². The van der Waals surface area contributed by atoms with Crippen molar-refractivity contribution >= 4 is 23.6 Å². The minimum absolute atomic E-state index is 0.135. The Morgan fingerprint density at radius 3 is 2.51 bits per heavy atom. The number of amides is 4. The van der Waals surface area contributed by atoms with E-state index in [-0.39, 0.29) is 48.6 Å². The first kappa shape index (κ1) is 25.6. The van der Waals surface area contributed by atoms with Crippen molar-refractivity contribution in [3.05, 3.63) is 41.2 Å². The molecule has 0 radical (unpaired) electrons. The Morgan fingerprint density at radius 2 is 1.79 bits per heavy atom. The number of benzene rings is 1. The predicted octanol–water partition coefficient (Wildman–Crippen LogP) is 0.742. The molecule has 4 aliphatic rings. The summed E-state index contributed by atoms with van der Waals surface area (Å²) in [5.74, 6) is -1.12. The minimum atomic E-state index is -0.666. The maximum Gasteiger partial charge on any atom is 0.276 e. The van der Waals surface area contributed by atoms with Crippen molar-refractivity contribution in [3.63, 3.8) is 0 Å². The van der Waals surface area contributed by atoms with Crippen LogP contribution in [0.15, 0.2) is 24.4 Å². The molecule has 39 heavy (non-hydrogen) atoms. The third-order valence-corrected chi connectivity index (χ3v) is 8.20. The Hall–Kier alpha value is -3.64. The number of nitrogens with one attached hydrogen (secondary N) is 1. The lowest BCUT2D eigenvalue weighted by molar-refractivity contribution is -0.136. The van der Waals surface area contributed by atoms with Crippen LogP contribution >= 0.6 is 0 Å². The number of aromatic nitrogens is 3. The number of hydrogen-bond donors (Lipinski definition) is 1. The third kappa shape index (κ3) is 4.94. The third-order valence-electron chi connectivity index (χ3n) is 8.20. The number of hydrogen-bond acceptors (Lipinski definition) is 8. The number of fused-ring (bicyclic) bond motifs is 1. The summed E-state index contributed by atoms with van der Waals surface area (Å²) in [4.78, 5) is 55.8. The first-order valence-corrected chi connectivity index (χ1v) is 13.7. The van der Waals surface area contributed by atoms with Crippen LogP contribution in [0.2, 0.25) is 0 Å². The first-order valence-electron chi connectivity index (χ1n) is 13.7. The summed E-state index contributed by atoms with van der Waals surface area (Å²) in [6.07, 6.45) is 4.43. The highest BCUT2D eigenvalue weighted by Crippen LogP contribution is 2.29. The molecule has 12 heteroatoms. The van der Waals surface area contributed by atoms with E-state index in [0.717, 1.165) is 31.5 Å². The van der Waals surface area contributed by atoms with Crippen molar-refractivity contribution < 1.29 is 23.9 Å². The van der Waals surface area contributed by atoms with Crippen LogP contribution in [0, 0.1) is 0 Å². The van der Waals surface area contributed by atoms with Gasteiger partial charge in [0.05, 0.1) is 24.1 Å². The number of rotatable bonds is 4. The van der Waals surface area contributed by atoms with Gasteiger partial charge in [-0.25, -0.2) is 4.68 Å². The summed E-state index contributed by atoms with van der Waals surface area (Å²) in [6.45, 7) is 7.69. The number of nitrogens with zero attached hydrogens (tertiary/aromatic N) is 6. The molecule has 0 saturated carbocycles. The van der Waals surface area contributed by atoms with Gasteiger partial charge in [-0.05, 0) is 56.9 Å².